The number of methoxy groups -OCH3 is 1. The van der Waals surface area contributed by atoms with Crippen molar-refractivity contribution in [2.75, 3.05) is 12.4 Å². The smallest absolute Gasteiger partial charge is 0.319 e. The van der Waals surface area contributed by atoms with Gasteiger partial charge in [-0.3, -0.25) is 0 Å². The third-order valence-electron chi connectivity index (χ3n) is 2.89. The van der Waals surface area contributed by atoms with Gasteiger partial charge >= 0.3 is 6.03 Å². The molecular formula is C15H16FN3O2. The van der Waals surface area contributed by atoms with Crippen LogP contribution < -0.4 is 15.4 Å². The van der Waals surface area contributed by atoms with Crippen LogP contribution in [0.3, 0.4) is 0 Å². The molecule has 2 rings (SSSR count). The molecule has 6 heteroatoms. The Morgan fingerprint density at radius 2 is 2.14 bits per heavy atom. The van der Waals surface area contributed by atoms with Crippen LogP contribution in [-0.2, 0) is 6.54 Å². The molecule has 5 nitrogen and oxygen atoms in total. The zero-order chi connectivity index (χ0) is 15.2. The van der Waals surface area contributed by atoms with Gasteiger partial charge in [0.05, 0.1) is 7.11 Å². The number of halogens is 1. The highest BCUT2D eigenvalue weighted by Gasteiger charge is 2.05. The molecule has 2 N–H and O–H groups in total. The van der Waals surface area contributed by atoms with Gasteiger partial charge in [0.2, 0.25) is 5.88 Å². The van der Waals surface area contributed by atoms with E-state index >= 15 is 0 Å². The Hall–Kier alpha value is -2.63. The lowest BCUT2D eigenvalue weighted by atomic mass is 10.2. The Labute approximate surface area is 122 Å². The molecule has 1 aromatic heterocycles. The molecule has 0 saturated heterocycles. The largest absolute Gasteiger partial charge is 0.481 e. The van der Waals surface area contributed by atoms with E-state index in [0.717, 1.165) is 5.56 Å². The first-order valence-electron chi connectivity index (χ1n) is 6.38. The van der Waals surface area contributed by atoms with Gasteiger partial charge < -0.3 is 15.4 Å². The first-order chi connectivity index (χ1) is 10.1. The van der Waals surface area contributed by atoms with Gasteiger partial charge in [-0.2, -0.15) is 0 Å². The molecule has 2 amide bonds. The Morgan fingerprint density at radius 3 is 2.86 bits per heavy atom. The number of carbonyl (C=O) groups is 1. The number of aryl methyl sites for hydroxylation is 1. The molecule has 0 fully saturated rings. The van der Waals surface area contributed by atoms with E-state index in [1.54, 1.807) is 37.4 Å². The first-order valence-corrected chi connectivity index (χ1v) is 6.38. The summed E-state index contributed by atoms with van der Waals surface area (Å²) in [6.07, 6.45) is 1.60. The number of nitrogens with zero attached hydrogens (tertiary/aromatic N) is 1. The molecule has 1 aromatic carbocycles. The van der Waals surface area contributed by atoms with Crippen molar-refractivity contribution in [2.24, 2.45) is 0 Å². The zero-order valence-corrected chi connectivity index (χ0v) is 11.8. The third-order valence-corrected chi connectivity index (χ3v) is 2.89. The van der Waals surface area contributed by atoms with Crippen LogP contribution in [0.25, 0.3) is 0 Å². The number of rotatable bonds is 4. The van der Waals surface area contributed by atoms with Crippen molar-refractivity contribution in [3.05, 3.63) is 53.5 Å². The maximum absolute atomic E-state index is 13.4. The van der Waals surface area contributed by atoms with E-state index in [1.807, 2.05) is 0 Å². The molecule has 0 aliphatic heterocycles. The number of urea groups is 1. The zero-order valence-electron chi connectivity index (χ0n) is 11.8. The van der Waals surface area contributed by atoms with E-state index in [0.29, 0.717) is 23.7 Å². The van der Waals surface area contributed by atoms with Crippen LogP contribution in [0, 0.1) is 12.7 Å². The third kappa shape index (κ3) is 4.17. The predicted molar refractivity (Wildman–Crippen MR) is 77.8 cm³/mol. The molecule has 0 spiro atoms. The van der Waals surface area contributed by atoms with Gasteiger partial charge in [-0.05, 0) is 36.2 Å². The molecule has 0 unspecified atom stereocenters. The molecule has 0 radical (unpaired) electrons. The minimum absolute atomic E-state index is 0.319. The highest BCUT2D eigenvalue weighted by molar-refractivity contribution is 5.89. The number of hydrogen-bond donors (Lipinski definition) is 2. The number of aromatic nitrogens is 1. The molecular weight excluding hydrogens is 273 g/mol. The monoisotopic (exact) mass is 289 g/mol. The maximum Gasteiger partial charge on any atom is 0.319 e. The Bertz CT molecular complexity index is 647. The summed E-state index contributed by atoms with van der Waals surface area (Å²) in [6.45, 7) is 1.98. The molecule has 0 saturated carbocycles. The van der Waals surface area contributed by atoms with Gasteiger partial charge in [0.25, 0.3) is 0 Å². The summed E-state index contributed by atoms with van der Waals surface area (Å²) >= 11 is 0. The summed E-state index contributed by atoms with van der Waals surface area (Å²) in [5.41, 5.74) is 1.79. The average Bonchev–Trinajstić information content (AvgIpc) is 2.49. The maximum atomic E-state index is 13.4. The number of anilines is 1. The number of nitrogens with one attached hydrogen (secondary N) is 2. The van der Waals surface area contributed by atoms with Crippen LogP contribution in [0.2, 0.25) is 0 Å². The average molecular weight is 289 g/mol. The SMILES string of the molecule is COc1cc(CNC(=O)Nc2ccc(C)c(F)c2)ccn1. The van der Waals surface area contributed by atoms with Crippen molar-refractivity contribution in [3.63, 3.8) is 0 Å². The Balaban J connectivity index is 1.91. The van der Waals surface area contributed by atoms with Gasteiger partial charge in [-0.15, -0.1) is 0 Å². The molecule has 110 valence electrons. The molecule has 0 bridgehead atoms. The van der Waals surface area contributed by atoms with E-state index in [2.05, 4.69) is 15.6 Å². The fourth-order valence-electron chi connectivity index (χ4n) is 1.70. The van der Waals surface area contributed by atoms with Crippen LogP contribution in [0.15, 0.2) is 36.5 Å². The first kappa shape index (κ1) is 14.8. The lowest BCUT2D eigenvalue weighted by molar-refractivity contribution is 0.251. The fourth-order valence-corrected chi connectivity index (χ4v) is 1.70. The second-order valence-electron chi connectivity index (χ2n) is 4.48. The highest BCUT2D eigenvalue weighted by Crippen LogP contribution is 2.13. The topological polar surface area (TPSA) is 63.2 Å². The Kier molecular flexibility index (Phi) is 4.71. The van der Waals surface area contributed by atoms with Crippen molar-refractivity contribution in [1.29, 1.82) is 0 Å². The summed E-state index contributed by atoms with van der Waals surface area (Å²) in [5, 5.41) is 5.25. The Morgan fingerprint density at radius 1 is 1.33 bits per heavy atom. The van der Waals surface area contributed by atoms with Gasteiger partial charge in [0, 0.05) is 24.5 Å². The van der Waals surface area contributed by atoms with E-state index in [4.69, 9.17) is 4.74 Å². The molecule has 1 heterocycles. The predicted octanol–water partition coefficient (Wildman–Crippen LogP) is 2.86. The second-order valence-corrected chi connectivity index (χ2v) is 4.48. The van der Waals surface area contributed by atoms with Crippen LogP contribution >= 0.6 is 0 Å². The van der Waals surface area contributed by atoms with Crippen molar-refractivity contribution in [2.45, 2.75) is 13.5 Å². The van der Waals surface area contributed by atoms with E-state index in [9.17, 15) is 9.18 Å². The summed E-state index contributed by atoms with van der Waals surface area (Å²) in [4.78, 5) is 15.7. The molecule has 0 aliphatic carbocycles. The van der Waals surface area contributed by atoms with Crippen LogP contribution in [0.5, 0.6) is 5.88 Å². The van der Waals surface area contributed by atoms with E-state index < -0.39 is 6.03 Å². The normalized spacial score (nSPS) is 10.0. The van der Waals surface area contributed by atoms with Crippen molar-refractivity contribution < 1.29 is 13.9 Å². The highest BCUT2D eigenvalue weighted by atomic mass is 19.1. The quantitative estimate of drug-likeness (QED) is 0.909. The minimum Gasteiger partial charge on any atom is -0.481 e. The number of carbonyl (C=O) groups excluding carboxylic acids is 1. The number of hydrogen-bond acceptors (Lipinski definition) is 3. The van der Waals surface area contributed by atoms with Crippen molar-refractivity contribution in [1.82, 2.24) is 10.3 Å². The summed E-state index contributed by atoms with van der Waals surface area (Å²) in [6, 6.07) is 7.63. The van der Waals surface area contributed by atoms with Crippen molar-refractivity contribution in [3.8, 4) is 5.88 Å². The molecule has 21 heavy (non-hydrogen) atoms. The van der Waals surface area contributed by atoms with Crippen LogP contribution in [0.4, 0.5) is 14.9 Å². The minimum atomic E-state index is -0.408. The van der Waals surface area contributed by atoms with Crippen LogP contribution in [0.1, 0.15) is 11.1 Å². The number of pyridine rings is 1. The summed E-state index contributed by atoms with van der Waals surface area (Å²) in [5.74, 6) is 0.127. The van der Waals surface area contributed by atoms with Crippen LogP contribution in [-0.4, -0.2) is 18.1 Å². The van der Waals surface area contributed by atoms with E-state index in [1.165, 1.54) is 13.2 Å². The number of amides is 2. The van der Waals surface area contributed by atoms with Crippen molar-refractivity contribution >= 4 is 11.7 Å². The van der Waals surface area contributed by atoms with Gasteiger partial charge in [0.1, 0.15) is 5.82 Å². The van der Waals surface area contributed by atoms with Gasteiger partial charge in [0.15, 0.2) is 0 Å². The molecule has 0 atom stereocenters. The van der Waals surface area contributed by atoms with Gasteiger partial charge in [-0.25, -0.2) is 14.2 Å². The van der Waals surface area contributed by atoms with Gasteiger partial charge in [-0.1, -0.05) is 6.07 Å². The fraction of sp³-hybridized carbons (Fsp3) is 0.200. The number of benzene rings is 1. The lowest BCUT2D eigenvalue weighted by Gasteiger charge is -2.09. The lowest BCUT2D eigenvalue weighted by Crippen LogP contribution is -2.28. The summed E-state index contributed by atoms with van der Waals surface area (Å²) < 4.78 is 18.4. The molecule has 2 aromatic rings. The van der Waals surface area contributed by atoms with E-state index in [-0.39, 0.29) is 5.82 Å². The summed E-state index contributed by atoms with van der Waals surface area (Å²) in [7, 11) is 1.53. The standard InChI is InChI=1S/C15H16FN3O2/c1-10-3-4-12(8-13(10)16)19-15(20)18-9-11-5-6-17-14(7-11)21-2/h3-8H,9H2,1-2H3,(H2,18,19,20). The molecule has 0 aliphatic rings. The second kappa shape index (κ2) is 6.69. The number of ether oxygens (including phenoxy) is 1.